The molecule has 0 saturated carbocycles. The van der Waals surface area contributed by atoms with Crippen LogP contribution in [0.2, 0.25) is 10.0 Å². The summed E-state index contributed by atoms with van der Waals surface area (Å²) in [7, 11) is 0. The predicted molar refractivity (Wildman–Crippen MR) is 142 cm³/mol. The SMILES string of the molecule is Cc1ccc2cccc(OCc3c(Cl)ccc(C(C)CC(=O)Nc4cccc([N+](=O)[O-])c4)c3Cl)c2n1. The number of carbonyl (C=O) groups excluding carboxylic acids is 1. The van der Waals surface area contributed by atoms with Gasteiger partial charge in [-0.05, 0) is 42.7 Å². The van der Waals surface area contributed by atoms with Gasteiger partial charge in [-0.15, -0.1) is 0 Å². The van der Waals surface area contributed by atoms with Crippen LogP contribution in [0, 0.1) is 17.0 Å². The zero-order valence-corrected chi connectivity index (χ0v) is 21.1. The minimum absolute atomic E-state index is 0.0946. The molecule has 0 fully saturated rings. The monoisotopic (exact) mass is 523 g/mol. The van der Waals surface area contributed by atoms with Crippen LogP contribution < -0.4 is 10.1 Å². The quantitative estimate of drug-likeness (QED) is 0.191. The van der Waals surface area contributed by atoms with Gasteiger partial charge in [-0.25, -0.2) is 4.98 Å². The van der Waals surface area contributed by atoms with Gasteiger partial charge in [0.05, 0.1) is 9.95 Å². The average molecular weight is 524 g/mol. The van der Waals surface area contributed by atoms with Gasteiger partial charge in [0, 0.05) is 45.9 Å². The lowest BCUT2D eigenvalue weighted by Gasteiger charge is -2.18. The summed E-state index contributed by atoms with van der Waals surface area (Å²) in [5, 5.41) is 15.5. The molecule has 0 saturated heterocycles. The lowest BCUT2D eigenvalue weighted by molar-refractivity contribution is -0.384. The Morgan fingerprint density at radius 1 is 1.11 bits per heavy atom. The minimum atomic E-state index is -0.509. The highest BCUT2D eigenvalue weighted by molar-refractivity contribution is 6.36. The van der Waals surface area contributed by atoms with Crippen LogP contribution in [0.5, 0.6) is 5.75 Å². The first-order valence-corrected chi connectivity index (χ1v) is 12.0. The van der Waals surface area contributed by atoms with E-state index < -0.39 is 4.92 Å². The van der Waals surface area contributed by atoms with E-state index in [9.17, 15) is 14.9 Å². The summed E-state index contributed by atoms with van der Waals surface area (Å²) in [6.45, 7) is 3.93. The number of nitro groups is 1. The first-order chi connectivity index (χ1) is 17.2. The minimum Gasteiger partial charge on any atom is -0.487 e. The van der Waals surface area contributed by atoms with Crippen molar-refractivity contribution in [2.75, 3.05) is 5.32 Å². The van der Waals surface area contributed by atoms with Crippen molar-refractivity contribution in [1.82, 2.24) is 4.98 Å². The summed E-state index contributed by atoms with van der Waals surface area (Å²) in [5.41, 5.74) is 3.27. The van der Waals surface area contributed by atoms with Crippen molar-refractivity contribution in [2.24, 2.45) is 0 Å². The van der Waals surface area contributed by atoms with Crippen molar-refractivity contribution >= 4 is 51.4 Å². The first kappa shape index (κ1) is 25.4. The van der Waals surface area contributed by atoms with Gasteiger partial charge >= 0.3 is 0 Å². The standard InChI is InChI=1S/C27H23Cl2N3O4/c1-16(13-25(33)31-19-6-4-7-20(14-19)32(34)35)21-11-12-23(28)22(26(21)29)15-36-24-8-3-5-18-10-9-17(2)30-27(18)24/h3-12,14,16H,13,15H2,1-2H3,(H,31,33). The molecule has 4 rings (SSSR count). The third-order valence-electron chi connectivity index (χ3n) is 5.77. The predicted octanol–water partition coefficient (Wildman–Crippen LogP) is 7.47. The number of hydrogen-bond donors (Lipinski definition) is 1. The number of anilines is 1. The molecule has 1 amide bonds. The Kier molecular flexibility index (Phi) is 7.72. The molecule has 0 bridgehead atoms. The van der Waals surface area contributed by atoms with Crippen LogP contribution in [0.1, 0.15) is 36.1 Å². The van der Waals surface area contributed by atoms with Gasteiger partial charge in [-0.1, -0.05) is 60.5 Å². The van der Waals surface area contributed by atoms with Crippen molar-refractivity contribution in [3.8, 4) is 5.75 Å². The highest BCUT2D eigenvalue weighted by atomic mass is 35.5. The van der Waals surface area contributed by atoms with Gasteiger partial charge in [-0.2, -0.15) is 0 Å². The van der Waals surface area contributed by atoms with E-state index in [0.717, 1.165) is 22.2 Å². The second-order valence-electron chi connectivity index (χ2n) is 8.46. The lowest BCUT2D eigenvalue weighted by Crippen LogP contribution is -2.15. The van der Waals surface area contributed by atoms with Gasteiger partial charge < -0.3 is 10.1 Å². The Labute approximate surface area is 218 Å². The number of nitrogens with one attached hydrogen (secondary N) is 1. The fraction of sp³-hybridized carbons (Fsp3) is 0.185. The van der Waals surface area contributed by atoms with E-state index in [0.29, 0.717) is 27.0 Å². The summed E-state index contributed by atoms with van der Waals surface area (Å²) in [4.78, 5) is 27.7. The largest absolute Gasteiger partial charge is 0.487 e. The number of benzene rings is 3. The molecule has 3 aromatic carbocycles. The van der Waals surface area contributed by atoms with Crippen LogP contribution in [0.25, 0.3) is 10.9 Å². The number of non-ortho nitro benzene ring substituents is 1. The Hall–Kier alpha value is -3.68. The van der Waals surface area contributed by atoms with Crippen LogP contribution in [0.15, 0.2) is 66.7 Å². The molecule has 0 aliphatic rings. The number of hydrogen-bond acceptors (Lipinski definition) is 5. The van der Waals surface area contributed by atoms with Gasteiger partial charge in [-0.3, -0.25) is 14.9 Å². The van der Waals surface area contributed by atoms with Gasteiger partial charge in [0.2, 0.25) is 5.91 Å². The first-order valence-electron chi connectivity index (χ1n) is 11.2. The van der Waals surface area contributed by atoms with Crippen LogP contribution >= 0.6 is 23.2 Å². The summed E-state index contributed by atoms with van der Waals surface area (Å²) in [5.74, 6) is 0.0937. The molecule has 7 nitrogen and oxygen atoms in total. The molecule has 0 spiro atoms. The zero-order chi connectivity index (χ0) is 25.8. The Morgan fingerprint density at radius 2 is 1.89 bits per heavy atom. The number of aromatic nitrogens is 1. The number of aryl methyl sites for hydroxylation is 1. The average Bonchev–Trinajstić information content (AvgIpc) is 2.84. The van der Waals surface area contributed by atoms with Crippen molar-refractivity contribution in [3.05, 3.63) is 104 Å². The maximum absolute atomic E-state index is 12.6. The van der Waals surface area contributed by atoms with Gasteiger partial charge in [0.25, 0.3) is 5.69 Å². The van der Waals surface area contributed by atoms with E-state index in [1.54, 1.807) is 18.2 Å². The van der Waals surface area contributed by atoms with Crippen molar-refractivity contribution in [3.63, 3.8) is 0 Å². The third kappa shape index (κ3) is 5.75. The van der Waals surface area contributed by atoms with Crippen molar-refractivity contribution in [2.45, 2.75) is 32.8 Å². The maximum Gasteiger partial charge on any atom is 0.271 e. The summed E-state index contributed by atoms with van der Waals surface area (Å²) in [6.07, 6.45) is 0.122. The Bertz CT molecular complexity index is 1460. The number of fused-ring (bicyclic) bond motifs is 1. The third-order valence-corrected chi connectivity index (χ3v) is 6.57. The number of carbonyl (C=O) groups is 1. The van der Waals surface area contributed by atoms with Crippen LogP contribution in [-0.2, 0) is 11.4 Å². The number of rotatable bonds is 8. The van der Waals surface area contributed by atoms with E-state index in [2.05, 4.69) is 10.3 Å². The Balaban J connectivity index is 1.49. The normalized spacial score (nSPS) is 11.8. The molecule has 9 heteroatoms. The molecule has 0 aliphatic heterocycles. The fourth-order valence-electron chi connectivity index (χ4n) is 3.91. The molecule has 0 aliphatic carbocycles. The second-order valence-corrected chi connectivity index (χ2v) is 9.24. The number of pyridine rings is 1. The van der Waals surface area contributed by atoms with E-state index in [4.69, 9.17) is 27.9 Å². The molecule has 184 valence electrons. The summed E-state index contributed by atoms with van der Waals surface area (Å²) in [6, 6.07) is 19.0. The molecule has 36 heavy (non-hydrogen) atoms. The van der Waals surface area contributed by atoms with E-state index in [1.165, 1.54) is 18.2 Å². The molecule has 1 atom stereocenters. The zero-order valence-electron chi connectivity index (χ0n) is 19.6. The highest BCUT2D eigenvalue weighted by Crippen LogP contribution is 2.35. The second kappa shape index (κ2) is 10.9. The van der Waals surface area contributed by atoms with Gasteiger partial charge in [0.15, 0.2) is 0 Å². The van der Waals surface area contributed by atoms with Crippen LogP contribution in [-0.4, -0.2) is 15.8 Å². The fourth-order valence-corrected chi connectivity index (χ4v) is 4.58. The number of para-hydroxylation sites is 1. The number of halogens is 2. The van der Waals surface area contributed by atoms with E-state index in [1.807, 2.05) is 44.2 Å². The lowest BCUT2D eigenvalue weighted by atomic mass is 9.95. The number of ether oxygens (including phenoxy) is 1. The topological polar surface area (TPSA) is 94.4 Å². The van der Waals surface area contributed by atoms with Crippen LogP contribution in [0.3, 0.4) is 0 Å². The summed E-state index contributed by atoms with van der Waals surface area (Å²) >= 11 is 13.2. The van der Waals surface area contributed by atoms with Crippen molar-refractivity contribution < 1.29 is 14.5 Å². The molecule has 1 aromatic heterocycles. The maximum atomic E-state index is 12.6. The number of nitrogens with zero attached hydrogens (tertiary/aromatic N) is 2. The molecule has 1 heterocycles. The molecule has 4 aromatic rings. The van der Waals surface area contributed by atoms with E-state index in [-0.39, 0.29) is 30.5 Å². The summed E-state index contributed by atoms with van der Waals surface area (Å²) < 4.78 is 6.08. The molecule has 1 unspecified atom stereocenters. The molecular weight excluding hydrogens is 501 g/mol. The van der Waals surface area contributed by atoms with Gasteiger partial charge in [0.1, 0.15) is 17.9 Å². The highest BCUT2D eigenvalue weighted by Gasteiger charge is 2.19. The van der Waals surface area contributed by atoms with Crippen molar-refractivity contribution in [1.29, 1.82) is 0 Å². The molecule has 1 N–H and O–H groups in total. The molecule has 0 radical (unpaired) electrons. The smallest absolute Gasteiger partial charge is 0.271 e. The molecular formula is C27H23Cl2N3O4. The number of nitro benzene ring substituents is 1. The van der Waals surface area contributed by atoms with Crippen LogP contribution in [0.4, 0.5) is 11.4 Å². The Morgan fingerprint density at radius 3 is 2.67 bits per heavy atom. The number of amides is 1. The van der Waals surface area contributed by atoms with E-state index >= 15 is 0 Å².